The molecule has 0 spiro atoms. The Labute approximate surface area is 171 Å². The van der Waals surface area contributed by atoms with E-state index in [1.54, 1.807) is 42.1 Å². The molecule has 1 aliphatic carbocycles. The van der Waals surface area contributed by atoms with Gasteiger partial charge in [0.15, 0.2) is 0 Å². The maximum absolute atomic E-state index is 13.5. The number of hydrogen-bond acceptors (Lipinski definition) is 4. The third kappa shape index (κ3) is 3.79. The smallest absolute Gasteiger partial charge is 0.325 e. The van der Waals surface area contributed by atoms with Crippen molar-refractivity contribution in [2.45, 2.75) is 44.6 Å². The molecule has 4 rings (SSSR count). The number of methoxy groups -OCH3 is 1. The molecule has 1 aromatic carbocycles. The van der Waals surface area contributed by atoms with E-state index in [2.05, 4.69) is 10.4 Å². The zero-order valence-electron chi connectivity index (χ0n) is 16.7. The first kappa shape index (κ1) is 20.1. The summed E-state index contributed by atoms with van der Waals surface area (Å²) >= 11 is 0. The van der Waals surface area contributed by atoms with Gasteiger partial charge in [0.1, 0.15) is 5.75 Å². The van der Waals surface area contributed by atoms with Gasteiger partial charge >= 0.3 is 11.6 Å². The van der Waals surface area contributed by atoms with Crippen molar-refractivity contribution in [2.75, 3.05) is 12.4 Å². The minimum atomic E-state index is -2.59. The number of alkyl halides is 2. The van der Waals surface area contributed by atoms with Crippen LogP contribution in [-0.4, -0.2) is 33.9 Å². The Bertz CT molecular complexity index is 1100. The molecule has 0 aliphatic heterocycles. The third-order valence-corrected chi connectivity index (χ3v) is 5.54. The number of ether oxygens (including phenoxy) is 1. The van der Waals surface area contributed by atoms with Crippen molar-refractivity contribution in [1.82, 2.24) is 9.78 Å². The average molecular weight is 417 g/mol. The number of fused-ring (bicyclic) bond motifs is 1. The van der Waals surface area contributed by atoms with E-state index in [9.17, 15) is 18.8 Å². The molecule has 0 atom stereocenters. The number of aromatic nitrogens is 3. The molecule has 9 heteroatoms. The Morgan fingerprint density at radius 2 is 2.07 bits per heavy atom. The van der Waals surface area contributed by atoms with Crippen molar-refractivity contribution in [3.63, 3.8) is 0 Å². The second-order valence-corrected chi connectivity index (χ2v) is 7.63. The summed E-state index contributed by atoms with van der Waals surface area (Å²) in [7, 11) is 1.48. The Kier molecular flexibility index (Phi) is 5.05. The van der Waals surface area contributed by atoms with Crippen LogP contribution in [0.3, 0.4) is 0 Å². The van der Waals surface area contributed by atoms with E-state index >= 15 is 0 Å². The van der Waals surface area contributed by atoms with Crippen molar-refractivity contribution in [3.05, 3.63) is 47.9 Å². The lowest BCUT2D eigenvalue weighted by molar-refractivity contribution is -0.909. The maximum Gasteiger partial charge on any atom is 0.325 e. The molecule has 0 unspecified atom stereocenters. The van der Waals surface area contributed by atoms with Crippen LogP contribution >= 0.6 is 0 Å². The van der Waals surface area contributed by atoms with Gasteiger partial charge in [-0.1, -0.05) is 0 Å². The molecule has 1 saturated carbocycles. The molecule has 3 aromatic rings. The number of carbonyl (C=O) groups is 1. The number of aryl methyl sites for hydroxylation is 1. The molecule has 0 radical (unpaired) electrons. The lowest BCUT2D eigenvalue weighted by Crippen LogP contribution is -2.42. The second kappa shape index (κ2) is 7.55. The molecule has 2 heterocycles. The fourth-order valence-electron chi connectivity index (χ4n) is 3.78. The number of hydrogen-bond donors (Lipinski definition) is 2. The van der Waals surface area contributed by atoms with Crippen LogP contribution in [0.25, 0.3) is 10.9 Å². The Balaban J connectivity index is 1.62. The fraction of sp³-hybridized carbons (Fsp3) is 0.381. The van der Waals surface area contributed by atoms with Crippen molar-refractivity contribution in [2.24, 2.45) is 0 Å². The minimum Gasteiger partial charge on any atom is -0.494 e. The Morgan fingerprint density at radius 3 is 2.77 bits per heavy atom. The van der Waals surface area contributed by atoms with E-state index in [1.807, 2.05) is 0 Å². The van der Waals surface area contributed by atoms with Gasteiger partial charge in [0, 0.05) is 54.3 Å². The van der Waals surface area contributed by atoms with Crippen LogP contribution in [0, 0.1) is 6.92 Å². The first-order chi connectivity index (χ1) is 14.3. The van der Waals surface area contributed by atoms with E-state index < -0.39 is 11.8 Å². The number of rotatable bonds is 4. The van der Waals surface area contributed by atoms with Crippen LogP contribution in [0.4, 0.5) is 14.5 Å². The predicted octanol–water partition coefficient (Wildman–Crippen LogP) is 3.88. The van der Waals surface area contributed by atoms with Gasteiger partial charge in [-0.15, -0.1) is 0 Å². The molecule has 0 bridgehead atoms. The standard InChI is InChI=1S/C21H22F2N4O3/c1-13-4-3-5-18(27(13)29)20(28)24-17-10-14-12-26(25-16(14)11-19(17)30-2)15-6-8-21(22,23)9-7-15/h3-5,10-12,15H,6-9H2,1-2H3,(H-,24,28,29)/p+1. The first-order valence-corrected chi connectivity index (χ1v) is 9.74. The van der Waals surface area contributed by atoms with Gasteiger partial charge in [0.25, 0.3) is 0 Å². The quantitative estimate of drug-likeness (QED) is 0.499. The van der Waals surface area contributed by atoms with Crippen molar-refractivity contribution in [1.29, 1.82) is 0 Å². The highest BCUT2D eigenvalue weighted by Gasteiger charge is 2.35. The number of amides is 1. The summed E-state index contributed by atoms with van der Waals surface area (Å²) in [6, 6.07) is 8.20. The number of carbonyl (C=O) groups excluding carboxylic acids is 1. The monoisotopic (exact) mass is 417 g/mol. The SMILES string of the molecule is COc1cc2nn(C3CCC(F)(F)CC3)cc2cc1NC(=O)c1cccc(C)[n+]1O. The van der Waals surface area contributed by atoms with Crippen molar-refractivity contribution in [3.8, 4) is 5.75 Å². The number of pyridine rings is 1. The highest BCUT2D eigenvalue weighted by molar-refractivity contribution is 6.04. The summed E-state index contributed by atoms with van der Waals surface area (Å²) in [6.07, 6.45) is 2.25. The highest BCUT2D eigenvalue weighted by atomic mass is 19.3. The van der Waals surface area contributed by atoms with E-state index in [1.165, 1.54) is 13.2 Å². The lowest BCUT2D eigenvalue weighted by atomic mass is 9.92. The molecule has 1 fully saturated rings. The number of nitrogens with one attached hydrogen (secondary N) is 1. The summed E-state index contributed by atoms with van der Waals surface area (Å²) in [6.45, 7) is 1.68. The molecule has 1 amide bonds. The normalized spacial score (nSPS) is 16.5. The number of nitrogens with zero attached hydrogens (tertiary/aromatic N) is 3. The van der Waals surface area contributed by atoms with Crippen molar-refractivity contribution >= 4 is 22.5 Å². The van der Waals surface area contributed by atoms with Gasteiger partial charge in [-0.25, -0.2) is 8.78 Å². The van der Waals surface area contributed by atoms with Crippen LogP contribution in [0.15, 0.2) is 36.5 Å². The highest BCUT2D eigenvalue weighted by Crippen LogP contribution is 2.39. The maximum atomic E-state index is 13.5. The van der Waals surface area contributed by atoms with E-state index in [0.29, 0.717) is 35.5 Å². The van der Waals surface area contributed by atoms with Crippen LogP contribution in [0.1, 0.15) is 47.9 Å². The van der Waals surface area contributed by atoms with Gasteiger partial charge in [0.05, 0.1) is 24.4 Å². The van der Waals surface area contributed by atoms with Gasteiger partial charge in [0.2, 0.25) is 11.6 Å². The molecule has 2 N–H and O–H groups in total. The van der Waals surface area contributed by atoms with Gasteiger partial charge in [-0.05, 0) is 25.0 Å². The van der Waals surface area contributed by atoms with Gasteiger partial charge in [-0.3, -0.25) is 14.7 Å². The summed E-state index contributed by atoms with van der Waals surface area (Å²) in [5.74, 6) is -2.68. The Hall–Kier alpha value is -3.23. The fourth-order valence-corrected chi connectivity index (χ4v) is 3.78. The molecule has 7 nitrogen and oxygen atoms in total. The molecule has 30 heavy (non-hydrogen) atoms. The largest absolute Gasteiger partial charge is 0.494 e. The first-order valence-electron chi connectivity index (χ1n) is 9.74. The third-order valence-electron chi connectivity index (χ3n) is 5.54. The van der Waals surface area contributed by atoms with Gasteiger partial charge in [-0.2, -0.15) is 5.10 Å². The predicted molar refractivity (Wildman–Crippen MR) is 105 cm³/mol. The summed E-state index contributed by atoms with van der Waals surface area (Å²) < 4.78 is 34.9. The summed E-state index contributed by atoms with van der Waals surface area (Å²) in [5.41, 5.74) is 1.67. The number of halogens is 2. The molecule has 158 valence electrons. The van der Waals surface area contributed by atoms with Crippen LogP contribution < -0.4 is 14.8 Å². The van der Waals surface area contributed by atoms with Crippen LogP contribution in [0.5, 0.6) is 5.75 Å². The van der Waals surface area contributed by atoms with Gasteiger partial charge < -0.3 is 10.1 Å². The molecular weight excluding hydrogens is 394 g/mol. The zero-order chi connectivity index (χ0) is 21.5. The zero-order valence-corrected chi connectivity index (χ0v) is 16.7. The molecule has 0 saturated heterocycles. The average Bonchev–Trinajstić information content (AvgIpc) is 3.12. The van der Waals surface area contributed by atoms with Crippen LogP contribution in [-0.2, 0) is 0 Å². The summed E-state index contributed by atoms with van der Waals surface area (Å²) in [4.78, 5) is 12.7. The van der Waals surface area contributed by atoms with E-state index in [0.717, 1.165) is 10.1 Å². The molecular formula is C21H23F2N4O3+. The van der Waals surface area contributed by atoms with Crippen LogP contribution in [0.2, 0.25) is 0 Å². The topological polar surface area (TPSA) is 80.3 Å². The van der Waals surface area contributed by atoms with Crippen molar-refractivity contribution < 1.29 is 28.2 Å². The lowest BCUT2D eigenvalue weighted by Gasteiger charge is -2.28. The molecule has 1 aliphatic rings. The molecule has 2 aromatic heterocycles. The number of anilines is 1. The Morgan fingerprint density at radius 1 is 1.33 bits per heavy atom. The number of benzene rings is 1. The second-order valence-electron chi connectivity index (χ2n) is 7.63. The van der Waals surface area contributed by atoms with E-state index in [-0.39, 0.29) is 24.6 Å². The van der Waals surface area contributed by atoms with E-state index in [4.69, 9.17) is 4.74 Å². The minimum absolute atomic E-state index is 0.0796. The summed E-state index contributed by atoms with van der Waals surface area (Å²) in [5, 5.41) is 18.1.